The zero-order valence-corrected chi connectivity index (χ0v) is 22.4. The first-order chi connectivity index (χ1) is 19.7. The molecule has 0 saturated carbocycles. The maximum absolute atomic E-state index is 13.6. The number of ether oxygens (including phenoxy) is 1. The van der Waals surface area contributed by atoms with Crippen molar-refractivity contribution in [3.63, 3.8) is 0 Å². The summed E-state index contributed by atoms with van der Waals surface area (Å²) < 4.78 is 10.6. The summed E-state index contributed by atoms with van der Waals surface area (Å²) in [6.45, 7) is 1.57. The molecule has 4 aromatic rings. The average Bonchev–Trinajstić information content (AvgIpc) is 3.35. The summed E-state index contributed by atoms with van der Waals surface area (Å²) in [5, 5.41) is 20.4. The lowest BCUT2D eigenvalue weighted by atomic mass is 9.95. The molecule has 14 heteroatoms. The van der Waals surface area contributed by atoms with E-state index < -0.39 is 16.9 Å². The number of carbonyl (C=O) groups excluding carboxylic acids is 2. The topological polar surface area (TPSA) is 174 Å². The summed E-state index contributed by atoms with van der Waals surface area (Å²) in [6.07, 6.45) is 1.41. The van der Waals surface area contributed by atoms with Crippen LogP contribution in [0.2, 0.25) is 5.02 Å². The fourth-order valence-corrected chi connectivity index (χ4v) is 4.50. The molecule has 1 aliphatic heterocycles. The minimum Gasteiger partial charge on any atom is -0.423 e. The van der Waals surface area contributed by atoms with Crippen LogP contribution in [0.4, 0.5) is 17.5 Å². The van der Waals surface area contributed by atoms with Gasteiger partial charge in [0, 0.05) is 41.2 Å². The number of halogens is 1. The maximum Gasteiger partial charge on any atom is 0.302 e. The number of pyridine rings is 1. The quantitative estimate of drug-likeness (QED) is 0.152. The molecular formula is C27H22ClN7O6. The van der Waals surface area contributed by atoms with Crippen LogP contribution < -0.4 is 16.0 Å². The van der Waals surface area contributed by atoms with Crippen LogP contribution in [-0.2, 0) is 9.53 Å². The lowest BCUT2D eigenvalue weighted by molar-refractivity contribution is -0.383. The van der Waals surface area contributed by atoms with Gasteiger partial charge in [-0.2, -0.15) is 4.98 Å². The van der Waals surface area contributed by atoms with Crippen LogP contribution in [0.25, 0.3) is 11.1 Å². The van der Waals surface area contributed by atoms with Gasteiger partial charge in [0.15, 0.2) is 16.9 Å². The summed E-state index contributed by atoms with van der Waals surface area (Å²) in [5.41, 5.74) is 1.63. The van der Waals surface area contributed by atoms with E-state index in [2.05, 4.69) is 30.9 Å². The van der Waals surface area contributed by atoms with Gasteiger partial charge in [-0.25, -0.2) is 9.98 Å². The molecule has 0 spiro atoms. The van der Waals surface area contributed by atoms with Crippen LogP contribution in [0.5, 0.6) is 0 Å². The number of nitro groups is 1. The van der Waals surface area contributed by atoms with Gasteiger partial charge in [-0.05, 0) is 31.2 Å². The molecule has 13 nitrogen and oxygen atoms in total. The third-order valence-corrected chi connectivity index (χ3v) is 6.45. The van der Waals surface area contributed by atoms with Gasteiger partial charge in [0.25, 0.3) is 11.6 Å². The summed E-state index contributed by atoms with van der Waals surface area (Å²) in [4.78, 5) is 49.7. The molecule has 2 aromatic carbocycles. The number of nitrogens with one attached hydrogen (secondary N) is 3. The van der Waals surface area contributed by atoms with Crippen LogP contribution in [0.15, 0.2) is 81.5 Å². The van der Waals surface area contributed by atoms with E-state index in [1.807, 2.05) is 0 Å². The Bertz CT molecular complexity index is 1750. The molecule has 3 heterocycles. The summed E-state index contributed by atoms with van der Waals surface area (Å²) >= 11 is 6.51. The number of Topliss-reactive ketones (excluding diaryl/α,β-unsaturated/α-hetero) is 1. The van der Waals surface area contributed by atoms with Crippen molar-refractivity contribution in [3.05, 3.63) is 98.3 Å². The number of nitrogens with zero attached hydrogens (tertiary/aromatic N) is 4. The number of ketones is 1. The van der Waals surface area contributed by atoms with Gasteiger partial charge in [-0.1, -0.05) is 35.9 Å². The van der Waals surface area contributed by atoms with Crippen LogP contribution in [0.1, 0.15) is 28.9 Å². The molecule has 1 atom stereocenters. The van der Waals surface area contributed by atoms with E-state index in [9.17, 15) is 19.7 Å². The number of aliphatic imine (C=N–C) groups is 1. The Hall–Kier alpha value is -5.14. The van der Waals surface area contributed by atoms with E-state index in [0.29, 0.717) is 21.8 Å². The van der Waals surface area contributed by atoms with Crippen molar-refractivity contribution >= 4 is 57.9 Å². The molecule has 1 unspecified atom stereocenters. The molecule has 41 heavy (non-hydrogen) atoms. The number of allylic oxidation sites excluding steroid dienone is 1. The highest BCUT2D eigenvalue weighted by molar-refractivity contribution is 6.31. The van der Waals surface area contributed by atoms with E-state index in [1.165, 1.54) is 37.6 Å². The summed E-state index contributed by atoms with van der Waals surface area (Å²) in [7, 11) is 1.42. The van der Waals surface area contributed by atoms with Crippen molar-refractivity contribution in [1.82, 2.24) is 15.3 Å². The molecule has 3 N–H and O–H groups in total. The second-order valence-corrected chi connectivity index (χ2v) is 9.24. The normalized spacial score (nSPS) is 14.8. The molecule has 0 bridgehead atoms. The molecule has 1 aliphatic rings. The van der Waals surface area contributed by atoms with Crippen LogP contribution in [0.3, 0.4) is 0 Å². The van der Waals surface area contributed by atoms with Crippen LogP contribution >= 0.6 is 11.6 Å². The molecule has 1 amide bonds. The molecule has 0 radical (unpaired) electrons. The molecular weight excluding hydrogens is 554 g/mol. The van der Waals surface area contributed by atoms with Crippen molar-refractivity contribution < 1.29 is 23.7 Å². The number of guanidine groups is 1. The van der Waals surface area contributed by atoms with Gasteiger partial charge >= 0.3 is 6.01 Å². The van der Waals surface area contributed by atoms with Gasteiger partial charge in [0.1, 0.15) is 18.5 Å². The fraction of sp³-hybridized carbons (Fsp3) is 0.148. The Morgan fingerprint density at radius 3 is 2.76 bits per heavy atom. The predicted octanol–water partition coefficient (Wildman–Crippen LogP) is 4.64. The van der Waals surface area contributed by atoms with E-state index in [0.717, 1.165) is 0 Å². The first-order valence-electron chi connectivity index (χ1n) is 12.2. The predicted molar refractivity (Wildman–Crippen MR) is 151 cm³/mol. The van der Waals surface area contributed by atoms with E-state index in [-0.39, 0.29) is 52.5 Å². The Morgan fingerprint density at radius 2 is 2.00 bits per heavy atom. The number of hydrogen-bond acceptors (Lipinski definition) is 11. The number of fused-ring (bicyclic) bond motifs is 1. The zero-order chi connectivity index (χ0) is 29.1. The number of methoxy groups -OCH3 is 1. The highest BCUT2D eigenvalue weighted by Gasteiger charge is 2.31. The summed E-state index contributed by atoms with van der Waals surface area (Å²) in [5.74, 6) is -0.456. The Kier molecular flexibility index (Phi) is 7.72. The minimum atomic E-state index is -0.871. The van der Waals surface area contributed by atoms with Crippen molar-refractivity contribution in [2.45, 2.75) is 13.0 Å². The van der Waals surface area contributed by atoms with Crippen molar-refractivity contribution in [1.29, 1.82) is 0 Å². The Labute approximate surface area is 237 Å². The number of non-ortho nitro benzene ring substituents is 1. The van der Waals surface area contributed by atoms with Gasteiger partial charge in [0.2, 0.25) is 5.96 Å². The third-order valence-electron chi connectivity index (χ3n) is 6.10. The average molecular weight is 576 g/mol. The minimum absolute atomic E-state index is 0.0408. The van der Waals surface area contributed by atoms with Gasteiger partial charge in [-0.3, -0.25) is 25.0 Å². The largest absolute Gasteiger partial charge is 0.423 e. The number of nitro benzene ring substituents is 1. The van der Waals surface area contributed by atoms with E-state index in [4.69, 9.17) is 20.8 Å². The SMILES string of the molecule is COCC(=O)c1ccnc(NC(=O)C2=C(C)NC(Nc3nc4c([N+](=O)[O-])cccc4o3)=NC2c2ccccc2Cl)c1. The number of carbonyl (C=O) groups is 2. The third kappa shape index (κ3) is 5.76. The second kappa shape index (κ2) is 11.5. The number of oxazole rings is 1. The number of rotatable bonds is 8. The molecule has 2 aromatic heterocycles. The number of hydrogen-bond donors (Lipinski definition) is 3. The highest BCUT2D eigenvalue weighted by Crippen LogP contribution is 2.35. The molecule has 5 rings (SSSR count). The number of anilines is 2. The summed E-state index contributed by atoms with van der Waals surface area (Å²) in [6, 6.07) is 13.4. The first kappa shape index (κ1) is 27.4. The Morgan fingerprint density at radius 1 is 1.20 bits per heavy atom. The van der Waals surface area contributed by atoms with Crippen molar-refractivity contribution in [2.75, 3.05) is 24.4 Å². The Balaban J connectivity index is 1.47. The van der Waals surface area contributed by atoms with Gasteiger partial charge in [-0.15, -0.1) is 0 Å². The van der Waals surface area contributed by atoms with Gasteiger partial charge < -0.3 is 19.8 Å². The molecule has 0 fully saturated rings. The first-order valence-corrected chi connectivity index (χ1v) is 12.5. The lowest BCUT2D eigenvalue weighted by Gasteiger charge is -2.26. The molecule has 0 saturated heterocycles. The standard InChI is InChI=1S/C27H22ClN7O6/c1-14-22(25(37)31-21-12-15(10-11-29-21)19(36)13-40-2)23(16-6-3-4-7-17(16)28)32-26(30-14)34-27-33-24-18(35(38)39)8-5-9-20(24)41-27/h3-12,23H,13H2,1-2H3,(H,29,31,37)(H2,30,32,33,34). The monoisotopic (exact) mass is 575 g/mol. The van der Waals surface area contributed by atoms with Crippen molar-refractivity contribution in [3.8, 4) is 0 Å². The van der Waals surface area contributed by atoms with E-state index in [1.54, 1.807) is 37.3 Å². The maximum atomic E-state index is 13.6. The van der Waals surface area contributed by atoms with Gasteiger partial charge in [0.05, 0.1) is 10.5 Å². The van der Waals surface area contributed by atoms with Crippen LogP contribution in [0, 0.1) is 10.1 Å². The molecule has 208 valence electrons. The zero-order valence-electron chi connectivity index (χ0n) is 21.7. The second-order valence-electron chi connectivity index (χ2n) is 8.83. The highest BCUT2D eigenvalue weighted by atomic mass is 35.5. The van der Waals surface area contributed by atoms with Crippen LogP contribution in [-0.4, -0.2) is 46.3 Å². The number of aromatic nitrogens is 2. The smallest absolute Gasteiger partial charge is 0.302 e. The number of benzene rings is 2. The molecule has 0 aliphatic carbocycles. The lowest BCUT2D eigenvalue weighted by Crippen LogP contribution is -2.37. The fourth-order valence-electron chi connectivity index (χ4n) is 4.26. The number of amides is 1. The van der Waals surface area contributed by atoms with Crippen molar-refractivity contribution in [2.24, 2.45) is 4.99 Å². The number of para-hydroxylation sites is 1. The van der Waals surface area contributed by atoms with E-state index >= 15 is 0 Å².